The number of amidine groups is 1. The molecule has 1 atom stereocenters. The summed E-state index contributed by atoms with van der Waals surface area (Å²) in [5.74, 6) is 0. The average molecular weight is 264 g/mol. The van der Waals surface area contributed by atoms with Crippen molar-refractivity contribution in [3.8, 4) is 0 Å². The van der Waals surface area contributed by atoms with Crippen molar-refractivity contribution in [2.45, 2.75) is 19.0 Å². The van der Waals surface area contributed by atoms with Gasteiger partial charge < -0.3 is 4.74 Å². The average Bonchev–Trinajstić information content (AvgIpc) is 3.05. The minimum atomic E-state index is 0.418. The van der Waals surface area contributed by atoms with Gasteiger partial charge in [-0.05, 0) is 23.6 Å². The highest BCUT2D eigenvalue weighted by Crippen LogP contribution is 2.35. The van der Waals surface area contributed by atoms with Crippen LogP contribution in [0.3, 0.4) is 0 Å². The Morgan fingerprint density at radius 3 is 2.75 bits per heavy atom. The van der Waals surface area contributed by atoms with Gasteiger partial charge in [0.05, 0.1) is 12.6 Å². The topological polar surface area (TPSA) is 24.8 Å². The molecule has 0 radical (unpaired) electrons. The van der Waals surface area contributed by atoms with Crippen molar-refractivity contribution in [1.29, 1.82) is 0 Å². The molecule has 2 aliphatic rings. The highest BCUT2D eigenvalue weighted by atomic mass is 16.5. The molecule has 0 amide bonds. The fraction of sp³-hybridized carbons (Fsp3) is 0.235. The predicted molar refractivity (Wildman–Crippen MR) is 79.9 cm³/mol. The lowest BCUT2D eigenvalue weighted by molar-refractivity contribution is 0.325. The molecule has 1 saturated heterocycles. The third-order valence-electron chi connectivity index (χ3n) is 3.92. The number of rotatable bonds is 2. The fourth-order valence-electron chi connectivity index (χ4n) is 2.96. The number of anilines is 1. The summed E-state index contributed by atoms with van der Waals surface area (Å²) in [7, 11) is 0. The highest BCUT2D eigenvalue weighted by molar-refractivity contribution is 5.96. The van der Waals surface area contributed by atoms with Crippen molar-refractivity contribution in [3.63, 3.8) is 0 Å². The number of hydrogen-bond donors (Lipinski definition) is 0. The first kappa shape index (κ1) is 11.5. The summed E-state index contributed by atoms with van der Waals surface area (Å²) in [6.07, 6.45) is 1.06. The molecule has 1 fully saturated rings. The maximum Gasteiger partial charge on any atom is 0.292 e. The van der Waals surface area contributed by atoms with Crippen LogP contribution in [0.25, 0.3) is 0 Å². The van der Waals surface area contributed by atoms with Gasteiger partial charge in [-0.2, -0.15) is 0 Å². The van der Waals surface area contributed by atoms with Gasteiger partial charge in [0, 0.05) is 5.69 Å². The zero-order valence-corrected chi connectivity index (χ0v) is 11.2. The van der Waals surface area contributed by atoms with Gasteiger partial charge in [0.2, 0.25) is 0 Å². The second-order valence-electron chi connectivity index (χ2n) is 5.25. The third kappa shape index (κ3) is 1.86. The number of fused-ring (bicyclic) bond motifs is 3. The van der Waals surface area contributed by atoms with Gasteiger partial charge in [0.15, 0.2) is 0 Å². The van der Waals surface area contributed by atoms with Crippen molar-refractivity contribution >= 4 is 11.7 Å². The Morgan fingerprint density at radius 2 is 1.85 bits per heavy atom. The highest BCUT2D eigenvalue weighted by Gasteiger charge is 2.38. The SMILES string of the molecule is c1ccc(CN=C2OCC3Cc4ccccc4N23)cc1. The Kier molecular flexibility index (Phi) is 2.69. The van der Waals surface area contributed by atoms with Crippen LogP contribution in [0.15, 0.2) is 59.6 Å². The van der Waals surface area contributed by atoms with Gasteiger partial charge >= 0.3 is 0 Å². The minimum Gasteiger partial charge on any atom is -0.463 e. The van der Waals surface area contributed by atoms with E-state index in [9.17, 15) is 0 Å². The first-order valence-electron chi connectivity index (χ1n) is 7.00. The van der Waals surface area contributed by atoms with E-state index in [0.29, 0.717) is 12.6 Å². The zero-order valence-electron chi connectivity index (χ0n) is 11.2. The monoisotopic (exact) mass is 264 g/mol. The Bertz CT molecular complexity index is 651. The number of nitrogens with zero attached hydrogens (tertiary/aromatic N) is 2. The molecule has 2 aliphatic heterocycles. The van der Waals surface area contributed by atoms with Crippen LogP contribution in [0, 0.1) is 0 Å². The van der Waals surface area contributed by atoms with Gasteiger partial charge in [-0.1, -0.05) is 48.5 Å². The number of benzene rings is 2. The van der Waals surface area contributed by atoms with E-state index in [0.717, 1.165) is 19.0 Å². The molecular weight excluding hydrogens is 248 g/mol. The van der Waals surface area contributed by atoms with Crippen molar-refractivity contribution in [3.05, 3.63) is 65.7 Å². The second kappa shape index (κ2) is 4.67. The number of aliphatic imine (C=N–C) groups is 1. The molecule has 0 aliphatic carbocycles. The zero-order chi connectivity index (χ0) is 13.4. The van der Waals surface area contributed by atoms with Crippen LogP contribution in [-0.4, -0.2) is 18.7 Å². The van der Waals surface area contributed by atoms with E-state index in [1.807, 2.05) is 18.2 Å². The molecule has 2 aromatic carbocycles. The van der Waals surface area contributed by atoms with Crippen LogP contribution >= 0.6 is 0 Å². The van der Waals surface area contributed by atoms with E-state index in [2.05, 4.69) is 46.3 Å². The van der Waals surface area contributed by atoms with E-state index >= 15 is 0 Å². The van der Waals surface area contributed by atoms with E-state index in [1.54, 1.807) is 0 Å². The van der Waals surface area contributed by atoms with E-state index < -0.39 is 0 Å². The van der Waals surface area contributed by atoms with Crippen molar-refractivity contribution in [1.82, 2.24) is 0 Å². The van der Waals surface area contributed by atoms with Crippen molar-refractivity contribution in [2.24, 2.45) is 4.99 Å². The number of ether oxygens (including phenoxy) is 1. The second-order valence-corrected chi connectivity index (χ2v) is 5.25. The molecule has 20 heavy (non-hydrogen) atoms. The fourth-order valence-corrected chi connectivity index (χ4v) is 2.96. The van der Waals surface area contributed by atoms with Crippen LogP contribution in [0.2, 0.25) is 0 Å². The summed E-state index contributed by atoms with van der Waals surface area (Å²) in [5.41, 5.74) is 3.86. The molecule has 3 nitrogen and oxygen atoms in total. The van der Waals surface area contributed by atoms with Crippen LogP contribution < -0.4 is 4.90 Å². The molecule has 0 aromatic heterocycles. The maximum absolute atomic E-state index is 5.77. The Morgan fingerprint density at radius 1 is 1.05 bits per heavy atom. The Balaban J connectivity index is 1.61. The molecule has 1 unspecified atom stereocenters. The van der Waals surface area contributed by atoms with Crippen LogP contribution in [0.1, 0.15) is 11.1 Å². The molecule has 0 bridgehead atoms. The van der Waals surface area contributed by atoms with E-state index in [-0.39, 0.29) is 0 Å². The standard InChI is InChI=1S/C17H16N2O/c1-2-6-13(7-3-1)11-18-17-19-15(12-20-17)10-14-8-4-5-9-16(14)19/h1-9,15H,10-12H2. The van der Waals surface area contributed by atoms with Gasteiger partial charge in [0.1, 0.15) is 6.61 Å². The summed E-state index contributed by atoms with van der Waals surface area (Å²) in [6, 6.07) is 20.0. The van der Waals surface area contributed by atoms with Gasteiger partial charge in [-0.3, -0.25) is 4.90 Å². The van der Waals surface area contributed by atoms with E-state index in [1.165, 1.54) is 16.8 Å². The molecule has 0 N–H and O–H groups in total. The summed E-state index contributed by atoms with van der Waals surface area (Å²) in [4.78, 5) is 6.90. The lowest BCUT2D eigenvalue weighted by Crippen LogP contribution is -2.30. The van der Waals surface area contributed by atoms with Crippen molar-refractivity contribution in [2.75, 3.05) is 11.5 Å². The number of hydrogen-bond acceptors (Lipinski definition) is 2. The Labute approximate surface area is 118 Å². The lowest BCUT2D eigenvalue weighted by atomic mass is 10.1. The smallest absolute Gasteiger partial charge is 0.292 e. The first-order chi connectivity index (χ1) is 9.92. The lowest BCUT2D eigenvalue weighted by Gasteiger charge is -2.15. The molecule has 0 saturated carbocycles. The quantitative estimate of drug-likeness (QED) is 0.833. The van der Waals surface area contributed by atoms with Gasteiger partial charge in [-0.25, -0.2) is 4.99 Å². The molecule has 2 aromatic rings. The maximum atomic E-state index is 5.77. The van der Waals surface area contributed by atoms with Gasteiger partial charge in [0.25, 0.3) is 6.02 Å². The molecule has 100 valence electrons. The molecule has 2 heterocycles. The third-order valence-corrected chi connectivity index (χ3v) is 3.92. The summed E-state index contributed by atoms with van der Waals surface area (Å²) < 4.78 is 5.77. The van der Waals surface area contributed by atoms with Crippen LogP contribution in [-0.2, 0) is 17.7 Å². The first-order valence-corrected chi connectivity index (χ1v) is 7.00. The largest absolute Gasteiger partial charge is 0.463 e. The summed E-state index contributed by atoms with van der Waals surface area (Å²) >= 11 is 0. The normalized spacial score (nSPS) is 21.7. The molecular formula is C17H16N2O. The van der Waals surface area contributed by atoms with E-state index in [4.69, 9.17) is 4.74 Å². The summed E-state index contributed by atoms with van der Waals surface area (Å²) in [5, 5.41) is 0. The molecule has 3 heteroatoms. The molecule has 4 rings (SSSR count). The predicted octanol–water partition coefficient (Wildman–Crippen LogP) is 3.00. The minimum absolute atomic E-state index is 0.418. The summed E-state index contributed by atoms with van der Waals surface area (Å²) in [6.45, 7) is 1.41. The molecule has 0 spiro atoms. The van der Waals surface area contributed by atoms with Gasteiger partial charge in [-0.15, -0.1) is 0 Å². The van der Waals surface area contributed by atoms with Crippen molar-refractivity contribution < 1.29 is 4.74 Å². The van der Waals surface area contributed by atoms with Crippen LogP contribution in [0.4, 0.5) is 5.69 Å². The Hall–Kier alpha value is -2.29. The number of para-hydroxylation sites is 1. The van der Waals surface area contributed by atoms with Crippen LogP contribution in [0.5, 0.6) is 0 Å².